The van der Waals surface area contributed by atoms with E-state index in [1.54, 1.807) is 20.1 Å². The summed E-state index contributed by atoms with van der Waals surface area (Å²) in [6.07, 6.45) is 2.98. The Balaban J connectivity index is 1.63. The monoisotopic (exact) mass is 407 g/mol. The molecule has 1 aromatic heterocycles. The van der Waals surface area contributed by atoms with Gasteiger partial charge in [0.1, 0.15) is 15.6 Å². The number of hydrazine groups is 1. The van der Waals surface area contributed by atoms with Crippen LogP contribution in [0.25, 0.3) is 16.6 Å². The Kier molecular flexibility index (Phi) is 6.41. The molecule has 0 bridgehead atoms. The molecule has 0 saturated carbocycles. The van der Waals surface area contributed by atoms with Crippen LogP contribution in [-0.4, -0.2) is 23.9 Å². The molecule has 0 spiro atoms. The second kappa shape index (κ2) is 9.16. The number of methoxy groups -OCH3 is 1. The van der Waals surface area contributed by atoms with Crippen LogP contribution in [0.15, 0.2) is 54.6 Å². The number of ether oxygens (including phenoxy) is 1. The van der Waals surface area contributed by atoms with E-state index in [0.29, 0.717) is 16.3 Å². The molecule has 6 nitrogen and oxygen atoms in total. The molecule has 2 N–H and O–H groups in total. The summed E-state index contributed by atoms with van der Waals surface area (Å²) in [4.78, 5) is 29.4. The molecule has 0 unspecified atom stereocenters. The van der Waals surface area contributed by atoms with Crippen molar-refractivity contribution in [3.63, 3.8) is 0 Å². The fourth-order valence-electron chi connectivity index (χ4n) is 2.68. The molecule has 0 aliphatic carbocycles. The first kappa shape index (κ1) is 20.3. The minimum absolute atomic E-state index is 0.405. The summed E-state index contributed by atoms with van der Waals surface area (Å²) in [5, 5.41) is 0.756. The Hall–Kier alpha value is -3.45. The first-order chi connectivity index (χ1) is 14.0. The van der Waals surface area contributed by atoms with Gasteiger partial charge < -0.3 is 4.74 Å². The highest BCUT2D eigenvalue weighted by molar-refractivity contribution is 7.17. The Morgan fingerprint density at radius 1 is 1.07 bits per heavy atom. The Morgan fingerprint density at radius 2 is 1.83 bits per heavy atom. The van der Waals surface area contributed by atoms with E-state index in [-0.39, 0.29) is 0 Å². The van der Waals surface area contributed by atoms with E-state index in [4.69, 9.17) is 4.74 Å². The van der Waals surface area contributed by atoms with Gasteiger partial charge in [-0.3, -0.25) is 20.4 Å². The lowest BCUT2D eigenvalue weighted by Gasteiger charge is -2.06. The van der Waals surface area contributed by atoms with Crippen LogP contribution in [0.5, 0.6) is 5.75 Å². The van der Waals surface area contributed by atoms with Crippen molar-refractivity contribution in [3.05, 3.63) is 76.3 Å². The van der Waals surface area contributed by atoms with Crippen LogP contribution in [0.1, 0.15) is 26.5 Å². The molecule has 0 atom stereocenters. The molecular formula is C22H21N3O3S. The van der Waals surface area contributed by atoms with Crippen molar-refractivity contribution in [1.29, 1.82) is 0 Å². The second-order valence-electron chi connectivity index (χ2n) is 6.32. The van der Waals surface area contributed by atoms with Gasteiger partial charge in [0.05, 0.1) is 12.8 Å². The maximum absolute atomic E-state index is 12.4. The van der Waals surface area contributed by atoms with Crippen LogP contribution >= 0.6 is 11.3 Å². The van der Waals surface area contributed by atoms with Crippen LogP contribution in [-0.2, 0) is 4.79 Å². The van der Waals surface area contributed by atoms with Gasteiger partial charge in [-0.1, -0.05) is 42.0 Å². The van der Waals surface area contributed by atoms with E-state index >= 15 is 0 Å². The van der Waals surface area contributed by atoms with E-state index in [1.807, 2.05) is 55.5 Å². The average Bonchev–Trinajstić information content (AvgIpc) is 3.13. The molecule has 7 heteroatoms. The number of thiazole rings is 1. The van der Waals surface area contributed by atoms with Crippen LogP contribution in [0.3, 0.4) is 0 Å². The summed E-state index contributed by atoms with van der Waals surface area (Å²) >= 11 is 1.28. The highest BCUT2D eigenvalue weighted by Crippen LogP contribution is 2.27. The minimum atomic E-state index is -0.452. The molecule has 0 fully saturated rings. The molecule has 0 saturated heterocycles. The van der Waals surface area contributed by atoms with Gasteiger partial charge >= 0.3 is 0 Å². The number of hydrogen-bond donors (Lipinski definition) is 2. The van der Waals surface area contributed by atoms with Crippen molar-refractivity contribution in [2.75, 3.05) is 7.11 Å². The second-order valence-corrected chi connectivity index (χ2v) is 7.32. The number of nitrogens with zero attached hydrogens (tertiary/aromatic N) is 1. The first-order valence-electron chi connectivity index (χ1n) is 8.94. The molecule has 148 valence electrons. The van der Waals surface area contributed by atoms with Crippen molar-refractivity contribution in [3.8, 4) is 16.3 Å². The van der Waals surface area contributed by atoms with Gasteiger partial charge in [0.15, 0.2) is 0 Å². The van der Waals surface area contributed by atoms with Crippen LogP contribution in [0.2, 0.25) is 0 Å². The number of nitrogens with one attached hydrogen (secondary N) is 2. The molecular weight excluding hydrogens is 386 g/mol. The smallest absolute Gasteiger partial charge is 0.281 e. The summed E-state index contributed by atoms with van der Waals surface area (Å²) in [7, 11) is 1.57. The normalized spacial score (nSPS) is 10.7. The lowest BCUT2D eigenvalue weighted by molar-refractivity contribution is -0.117. The fraction of sp³-hybridized carbons (Fsp3) is 0.136. The first-order valence-corrected chi connectivity index (χ1v) is 9.75. The summed E-state index contributed by atoms with van der Waals surface area (Å²) in [6, 6.07) is 15.3. The lowest BCUT2D eigenvalue weighted by atomic mass is 10.1. The van der Waals surface area contributed by atoms with Crippen molar-refractivity contribution >= 4 is 29.2 Å². The zero-order valence-electron chi connectivity index (χ0n) is 16.4. The van der Waals surface area contributed by atoms with Crippen molar-refractivity contribution in [2.45, 2.75) is 13.8 Å². The molecule has 0 aliphatic rings. The van der Waals surface area contributed by atoms with Gasteiger partial charge in [-0.05, 0) is 32.1 Å². The van der Waals surface area contributed by atoms with Gasteiger partial charge in [0, 0.05) is 17.2 Å². The number of carbonyl (C=O) groups is 2. The van der Waals surface area contributed by atoms with E-state index in [2.05, 4.69) is 15.8 Å². The number of amides is 2. The van der Waals surface area contributed by atoms with Crippen LogP contribution < -0.4 is 15.6 Å². The third-order valence-electron chi connectivity index (χ3n) is 4.12. The average molecular weight is 407 g/mol. The van der Waals surface area contributed by atoms with Crippen molar-refractivity contribution in [1.82, 2.24) is 15.8 Å². The highest BCUT2D eigenvalue weighted by atomic mass is 32.1. The predicted molar refractivity (Wildman–Crippen MR) is 115 cm³/mol. The number of rotatable bonds is 5. The zero-order valence-corrected chi connectivity index (χ0v) is 17.2. The van der Waals surface area contributed by atoms with E-state index < -0.39 is 11.8 Å². The Morgan fingerprint density at radius 3 is 2.55 bits per heavy atom. The largest absolute Gasteiger partial charge is 0.496 e. The van der Waals surface area contributed by atoms with E-state index in [9.17, 15) is 9.59 Å². The Bertz CT molecular complexity index is 1060. The van der Waals surface area contributed by atoms with Crippen molar-refractivity contribution < 1.29 is 14.3 Å². The molecule has 3 aromatic rings. The van der Waals surface area contributed by atoms with Gasteiger partial charge in [0.25, 0.3) is 11.8 Å². The topological polar surface area (TPSA) is 80.3 Å². The van der Waals surface area contributed by atoms with E-state index in [1.165, 1.54) is 17.4 Å². The number of hydrogen-bond acceptors (Lipinski definition) is 5. The van der Waals surface area contributed by atoms with Crippen LogP contribution in [0.4, 0.5) is 0 Å². The maximum Gasteiger partial charge on any atom is 0.281 e. The molecule has 29 heavy (non-hydrogen) atoms. The summed E-state index contributed by atoms with van der Waals surface area (Å²) in [5.41, 5.74) is 8.20. The van der Waals surface area contributed by atoms with Crippen molar-refractivity contribution in [2.24, 2.45) is 0 Å². The third-order valence-corrected chi connectivity index (χ3v) is 5.33. The lowest BCUT2D eigenvalue weighted by Crippen LogP contribution is -2.40. The summed E-state index contributed by atoms with van der Waals surface area (Å²) < 4.78 is 5.28. The molecule has 1 heterocycles. The van der Waals surface area contributed by atoms with E-state index in [0.717, 1.165) is 21.7 Å². The number of benzene rings is 2. The molecule has 2 aromatic carbocycles. The van der Waals surface area contributed by atoms with Gasteiger partial charge in [-0.2, -0.15) is 0 Å². The highest BCUT2D eigenvalue weighted by Gasteiger charge is 2.16. The van der Waals surface area contributed by atoms with Gasteiger partial charge in [-0.15, -0.1) is 11.3 Å². The zero-order chi connectivity index (χ0) is 20.8. The summed E-state index contributed by atoms with van der Waals surface area (Å²) in [6.45, 7) is 3.72. The minimum Gasteiger partial charge on any atom is -0.496 e. The third kappa shape index (κ3) is 5.08. The van der Waals surface area contributed by atoms with Crippen LogP contribution in [0, 0.1) is 13.8 Å². The predicted octanol–water partition coefficient (Wildman–Crippen LogP) is 3.91. The summed E-state index contributed by atoms with van der Waals surface area (Å²) in [5.74, 6) is -0.193. The standard InChI is InChI=1S/C22H21N3O3S/c1-14-9-11-18(28-3)17(13-14)10-12-19(26)24-25-21(27)20-15(2)23-22(29-20)16-7-5-4-6-8-16/h4-13H,1-3H3,(H,24,26)(H,25,27)/b12-10+. The number of carbonyl (C=O) groups excluding carboxylic acids is 2. The molecule has 0 aliphatic heterocycles. The maximum atomic E-state index is 12.4. The van der Waals surface area contributed by atoms with Gasteiger partial charge in [-0.25, -0.2) is 4.98 Å². The quantitative estimate of drug-likeness (QED) is 0.496. The number of aryl methyl sites for hydroxylation is 2. The molecule has 2 amide bonds. The Labute approximate surface area is 173 Å². The van der Waals surface area contributed by atoms with Gasteiger partial charge in [0.2, 0.25) is 0 Å². The molecule has 0 radical (unpaired) electrons. The fourth-order valence-corrected chi connectivity index (χ4v) is 3.64. The number of aromatic nitrogens is 1. The molecule has 3 rings (SSSR count). The SMILES string of the molecule is COc1ccc(C)cc1/C=C/C(=O)NNC(=O)c1sc(-c2ccccc2)nc1C.